The molecule has 1 aromatic rings. The quantitative estimate of drug-likeness (QED) is 0.833. The van der Waals surface area contributed by atoms with Crippen molar-refractivity contribution in [2.75, 3.05) is 20.2 Å². The zero-order valence-corrected chi connectivity index (χ0v) is 11.3. The van der Waals surface area contributed by atoms with Crippen molar-refractivity contribution in [3.63, 3.8) is 0 Å². The molecule has 0 unspecified atom stereocenters. The number of carbonyl (C=O) groups is 1. The molecule has 0 fully saturated rings. The molecule has 0 N–H and O–H groups in total. The molecule has 0 amide bonds. The molecule has 100 valence electrons. The van der Waals surface area contributed by atoms with Gasteiger partial charge < -0.3 is 9.64 Å². The molecule has 0 atom stereocenters. The number of hydrogen-bond acceptors (Lipinski definition) is 3. The first kappa shape index (κ1) is 13.3. The van der Waals surface area contributed by atoms with Crippen LogP contribution in [0.4, 0.5) is 0 Å². The predicted octanol–water partition coefficient (Wildman–Crippen LogP) is 2.03. The zero-order valence-electron chi connectivity index (χ0n) is 11.3. The van der Waals surface area contributed by atoms with E-state index < -0.39 is 0 Å². The first-order valence-electron chi connectivity index (χ1n) is 6.27. The van der Waals surface area contributed by atoms with E-state index in [0.29, 0.717) is 19.6 Å². The number of ketones is 1. The third-order valence-corrected chi connectivity index (χ3v) is 3.03. The van der Waals surface area contributed by atoms with Crippen LogP contribution >= 0.6 is 0 Å². The van der Waals surface area contributed by atoms with Crippen molar-refractivity contribution < 1.29 is 9.53 Å². The first-order chi connectivity index (χ1) is 9.15. The number of fused-ring (bicyclic) bond motifs is 1. The van der Waals surface area contributed by atoms with Crippen LogP contribution in [0.25, 0.3) is 0 Å². The molecule has 1 aliphatic heterocycles. The van der Waals surface area contributed by atoms with Crippen LogP contribution in [0.5, 0.6) is 5.75 Å². The van der Waals surface area contributed by atoms with E-state index in [1.807, 2.05) is 23.1 Å². The summed E-state index contributed by atoms with van der Waals surface area (Å²) in [7, 11) is 1.75. The Morgan fingerprint density at radius 2 is 2.37 bits per heavy atom. The van der Waals surface area contributed by atoms with Crippen molar-refractivity contribution in [2.45, 2.75) is 13.3 Å². The molecule has 4 nitrogen and oxygen atoms in total. The van der Waals surface area contributed by atoms with Gasteiger partial charge in [0, 0.05) is 13.5 Å². The maximum Gasteiger partial charge on any atom is 0.138 e. The summed E-state index contributed by atoms with van der Waals surface area (Å²) >= 11 is 0. The van der Waals surface area contributed by atoms with Gasteiger partial charge in [-0.05, 0) is 30.8 Å². The van der Waals surface area contributed by atoms with Crippen molar-refractivity contribution in [2.24, 2.45) is 4.99 Å². The molecule has 0 radical (unpaired) electrons. The maximum absolute atomic E-state index is 11.2. The minimum atomic E-state index is 0.144. The number of carbonyl (C=O) groups excluding carboxylic acids is 1. The van der Waals surface area contributed by atoms with Crippen LogP contribution in [0, 0.1) is 0 Å². The summed E-state index contributed by atoms with van der Waals surface area (Å²) in [4.78, 5) is 17.5. The minimum Gasteiger partial charge on any atom is -0.491 e. The van der Waals surface area contributed by atoms with E-state index in [1.165, 1.54) is 0 Å². The second kappa shape index (κ2) is 5.69. The normalized spacial score (nSPS) is 16.5. The molecule has 4 heteroatoms. The van der Waals surface area contributed by atoms with Gasteiger partial charge in [0.05, 0.1) is 12.1 Å². The molecule has 0 spiro atoms. The molecule has 0 bridgehead atoms. The highest BCUT2D eigenvalue weighted by molar-refractivity contribution is 6.02. The summed E-state index contributed by atoms with van der Waals surface area (Å²) in [5.74, 6) is 1.77. The van der Waals surface area contributed by atoms with Crippen molar-refractivity contribution in [3.8, 4) is 5.75 Å². The van der Waals surface area contributed by atoms with Gasteiger partial charge in [-0.25, -0.2) is 0 Å². The average Bonchev–Trinajstić information content (AvgIpc) is 2.55. The maximum atomic E-state index is 11.2. The van der Waals surface area contributed by atoms with Crippen molar-refractivity contribution in [1.82, 2.24) is 4.90 Å². The van der Waals surface area contributed by atoms with Gasteiger partial charge in [-0.15, -0.1) is 0 Å². The molecule has 0 aliphatic carbocycles. The smallest absolute Gasteiger partial charge is 0.138 e. The fourth-order valence-corrected chi connectivity index (χ4v) is 2.21. The van der Waals surface area contributed by atoms with Crippen molar-refractivity contribution in [1.29, 1.82) is 0 Å². The Balaban J connectivity index is 2.42. The second-order valence-corrected chi connectivity index (χ2v) is 4.48. The number of rotatable bonds is 3. The highest BCUT2D eigenvalue weighted by Crippen LogP contribution is 2.25. The summed E-state index contributed by atoms with van der Waals surface area (Å²) < 4.78 is 5.75. The van der Waals surface area contributed by atoms with Gasteiger partial charge in [0.1, 0.15) is 24.0 Å². The van der Waals surface area contributed by atoms with E-state index in [9.17, 15) is 4.79 Å². The number of Topliss-reactive ketones (excluding diaryl/α,β-unsaturated/α-hetero) is 1. The van der Waals surface area contributed by atoms with E-state index in [1.54, 1.807) is 20.2 Å². The third kappa shape index (κ3) is 2.84. The van der Waals surface area contributed by atoms with Crippen molar-refractivity contribution >= 4 is 11.6 Å². The Hall–Kier alpha value is -2.10. The van der Waals surface area contributed by atoms with Crippen LogP contribution in [-0.2, 0) is 11.2 Å². The Bertz CT molecular complexity index is 535. The molecule has 0 saturated heterocycles. The average molecular weight is 258 g/mol. The number of aliphatic imine (C=N–C) groups is 1. The largest absolute Gasteiger partial charge is 0.491 e. The van der Waals surface area contributed by atoms with Crippen LogP contribution in [0.1, 0.15) is 18.1 Å². The molecule has 1 aliphatic rings. The molecular weight excluding hydrogens is 240 g/mol. The lowest BCUT2D eigenvalue weighted by Crippen LogP contribution is -2.27. The van der Waals surface area contributed by atoms with E-state index in [2.05, 4.69) is 11.6 Å². The fourth-order valence-electron chi connectivity index (χ4n) is 2.21. The second-order valence-electron chi connectivity index (χ2n) is 4.48. The Morgan fingerprint density at radius 3 is 3.00 bits per heavy atom. The van der Waals surface area contributed by atoms with E-state index in [4.69, 9.17) is 4.74 Å². The Kier molecular flexibility index (Phi) is 4.00. The third-order valence-electron chi connectivity index (χ3n) is 3.03. The highest BCUT2D eigenvalue weighted by atomic mass is 16.5. The van der Waals surface area contributed by atoms with E-state index >= 15 is 0 Å². The zero-order chi connectivity index (χ0) is 13.8. The summed E-state index contributed by atoms with van der Waals surface area (Å²) in [5.41, 5.74) is 1.90. The van der Waals surface area contributed by atoms with Crippen LogP contribution in [0.15, 0.2) is 36.0 Å². The molecule has 19 heavy (non-hydrogen) atoms. The van der Waals surface area contributed by atoms with Gasteiger partial charge in [-0.2, -0.15) is 0 Å². The highest BCUT2D eigenvalue weighted by Gasteiger charge is 2.19. The molecular formula is C15H18N2O2. The SMILES string of the molecule is C=CN1CCOc2cc(CC(C)=O)ccc2C1=NC. The van der Waals surface area contributed by atoms with Gasteiger partial charge in [-0.1, -0.05) is 12.6 Å². The van der Waals surface area contributed by atoms with Crippen LogP contribution in [0.3, 0.4) is 0 Å². The van der Waals surface area contributed by atoms with Crippen molar-refractivity contribution in [3.05, 3.63) is 42.1 Å². The molecule has 0 aromatic heterocycles. The summed E-state index contributed by atoms with van der Waals surface area (Å²) in [6.07, 6.45) is 2.19. The lowest BCUT2D eigenvalue weighted by Gasteiger charge is -2.18. The van der Waals surface area contributed by atoms with E-state index in [-0.39, 0.29) is 5.78 Å². The van der Waals surface area contributed by atoms with Gasteiger partial charge in [-0.3, -0.25) is 9.79 Å². The number of benzene rings is 1. The summed E-state index contributed by atoms with van der Waals surface area (Å²) in [6, 6.07) is 5.83. The monoisotopic (exact) mass is 258 g/mol. The predicted molar refractivity (Wildman–Crippen MR) is 75.7 cm³/mol. The number of nitrogens with zero attached hydrogens (tertiary/aromatic N) is 2. The van der Waals surface area contributed by atoms with Crippen LogP contribution in [-0.4, -0.2) is 36.7 Å². The van der Waals surface area contributed by atoms with Crippen LogP contribution in [0.2, 0.25) is 0 Å². The number of hydrogen-bond donors (Lipinski definition) is 0. The van der Waals surface area contributed by atoms with E-state index in [0.717, 1.165) is 22.7 Å². The lowest BCUT2D eigenvalue weighted by molar-refractivity contribution is -0.116. The Morgan fingerprint density at radius 1 is 1.58 bits per heavy atom. The molecule has 1 heterocycles. The number of amidine groups is 1. The lowest BCUT2D eigenvalue weighted by atomic mass is 10.1. The first-order valence-corrected chi connectivity index (χ1v) is 6.27. The van der Waals surface area contributed by atoms with Gasteiger partial charge in [0.15, 0.2) is 0 Å². The summed E-state index contributed by atoms with van der Waals surface area (Å²) in [6.45, 7) is 6.67. The summed E-state index contributed by atoms with van der Waals surface area (Å²) in [5, 5.41) is 0. The van der Waals surface area contributed by atoms with Crippen LogP contribution < -0.4 is 4.74 Å². The van der Waals surface area contributed by atoms with Gasteiger partial charge in [0.2, 0.25) is 0 Å². The number of ether oxygens (including phenoxy) is 1. The topological polar surface area (TPSA) is 41.9 Å². The Labute approximate surface area is 113 Å². The standard InChI is InChI=1S/C15H18N2O2/c1-4-17-7-8-19-14-10-12(9-11(2)18)5-6-13(14)15(17)16-3/h4-6,10H,1,7-9H2,2-3H3. The van der Waals surface area contributed by atoms with Gasteiger partial charge in [0.25, 0.3) is 0 Å². The minimum absolute atomic E-state index is 0.144. The fraction of sp³-hybridized carbons (Fsp3) is 0.333. The molecule has 0 saturated carbocycles. The molecule has 1 aromatic carbocycles. The van der Waals surface area contributed by atoms with Gasteiger partial charge >= 0.3 is 0 Å². The molecule has 2 rings (SSSR count).